The van der Waals surface area contributed by atoms with Crippen LogP contribution < -0.4 is 5.32 Å². The zero-order valence-corrected chi connectivity index (χ0v) is 11.4. The summed E-state index contributed by atoms with van der Waals surface area (Å²) in [5, 5.41) is 7.89. The molecule has 0 aromatic carbocycles. The summed E-state index contributed by atoms with van der Waals surface area (Å²) in [5.74, 6) is 0. The molecule has 2 atom stereocenters. The van der Waals surface area contributed by atoms with E-state index in [1.165, 1.54) is 5.56 Å². The van der Waals surface area contributed by atoms with Crippen molar-refractivity contribution >= 4 is 0 Å². The van der Waals surface area contributed by atoms with Gasteiger partial charge in [-0.15, -0.1) is 0 Å². The van der Waals surface area contributed by atoms with Crippen molar-refractivity contribution in [1.29, 1.82) is 0 Å². The largest absolute Gasteiger partial charge is 0.307 e. The molecule has 16 heavy (non-hydrogen) atoms. The first kappa shape index (κ1) is 13.2. The van der Waals surface area contributed by atoms with Gasteiger partial charge < -0.3 is 5.32 Å². The van der Waals surface area contributed by atoms with Gasteiger partial charge in [0, 0.05) is 30.9 Å². The maximum atomic E-state index is 4.21. The number of rotatable bonds is 4. The fourth-order valence-corrected chi connectivity index (χ4v) is 2.04. The first-order chi connectivity index (χ1) is 7.34. The molecule has 0 radical (unpaired) electrons. The lowest BCUT2D eigenvalue weighted by atomic mass is 9.84. The second kappa shape index (κ2) is 5.00. The standard InChI is InChI=1S/C13H25N3/c1-7-12(13(3,4)5)15-10(2)11-8-14-16(6)9-11/h8-10,12,15H,7H2,1-6H3. The molecule has 3 heteroatoms. The van der Waals surface area contributed by atoms with E-state index in [4.69, 9.17) is 0 Å². The third-order valence-corrected chi connectivity index (χ3v) is 3.13. The van der Waals surface area contributed by atoms with Crippen molar-refractivity contribution in [3.05, 3.63) is 18.0 Å². The zero-order valence-electron chi connectivity index (χ0n) is 11.4. The van der Waals surface area contributed by atoms with Gasteiger partial charge in [0.2, 0.25) is 0 Å². The quantitative estimate of drug-likeness (QED) is 0.850. The number of aryl methyl sites for hydroxylation is 1. The van der Waals surface area contributed by atoms with Crippen molar-refractivity contribution < 1.29 is 0 Å². The molecule has 0 amide bonds. The SMILES string of the molecule is CCC(NC(C)c1cnn(C)c1)C(C)(C)C. The highest BCUT2D eigenvalue weighted by Crippen LogP contribution is 2.24. The van der Waals surface area contributed by atoms with E-state index in [2.05, 4.69) is 51.2 Å². The molecule has 0 saturated heterocycles. The molecule has 92 valence electrons. The van der Waals surface area contributed by atoms with Crippen LogP contribution in [0.4, 0.5) is 0 Å². The molecule has 1 aromatic rings. The summed E-state index contributed by atoms with van der Waals surface area (Å²) >= 11 is 0. The van der Waals surface area contributed by atoms with Crippen molar-refractivity contribution in [3.63, 3.8) is 0 Å². The van der Waals surface area contributed by atoms with E-state index in [1.807, 2.05) is 17.9 Å². The van der Waals surface area contributed by atoms with Crippen LogP contribution in [0.2, 0.25) is 0 Å². The van der Waals surface area contributed by atoms with Gasteiger partial charge in [0.15, 0.2) is 0 Å². The fourth-order valence-electron chi connectivity index (χ4n) is 2.04. The van der Waals surface area contributed by atoms with E-state index in [0.29, 0.717) is 17.5 Å². The van der Waals surface area contributed by atoms with E-state index >= 15 is 0 Å². The average molecular weight is 223 g/mol. The van der Waals surface area contributed by atoms with Crippen LogP contribution in [0.5, 0.6) is 0 Å². The predicted octanol–water partition coefficient (Wildman–Crippen LogP) is 2.90. The minimum atomic E-state index is 0.297. The van der Waals surface area contributed by atoms with E-state index in [1.54, 1.807) is 0 Å². The fraction of sp³-hybridized carbons (Fsp3) is 0.769. The molecule has 1 aromatic heterocycles. The lowest BCUT2D eigenvalue weighted by Crippen LogP contribution is -2.41. The summed E-state index contributed by atoms with van der Waals surface area (Å²) in [6.45, 7) is 11.3. The van der Waals surface area contributed by atoms with E-state index < -0.39 is 0 Å². The number of hydrogen-bond donors (Lipinski definition) is 1. The van der Waals surface area contributed by atoms with Crippen molar-refractivity contribution in [3.8, 4) is 0 Å². The number of aromatic nitrogens is 2. The molecule has 0 saturated carbocycles. The van der Waals surface area contributed by atoms with Crippen LogP contribution in [-0.2, 0) is 7.05 Å². The summed E-state index contributed by atoms with van der Waals surface area (Å²) in [5.41, 5.74) is 1.55. The van der Waals surface area contributed by atoms with Crippen LogP contribution in [0.3, 0.4) is 0 Å². The minimum absolute atomic E-state index is 0.297. The normalized spacial score (nSPS) is 16.1. The maximum Gasteiger partial charge on any atom is 0.0537 e. The van der Waals surface area contributed by atoms with Gasteiger partial charge in [-0.3, -0.25) is 4.68 Å². The highest BCUT2D eigenvalue weighted by molar-refractivity contribution is 5.09. The van der Waals surface area contributed by atoms with E-state index in [-0.39, 0.29) is 0 Å². The van der Waals surface area contributed by atoms with Crippen LogP contribution in [0.15, 0.2) is 12.4 Å². The Morgan fingerprint density at radius 1 is 1.44 bits per heavy atom. The molecular weight excluding hydrogens is 198 g/mol. The minimum Gasteiger partial charge on any atom is -0.307 e. The Balaban J connectivity index is 2.66. The summed E-state index contributed by atoms with van der Waals surface area (Å²) in [4.78, 5) is 0. The van der Waals surface area contributed by atoms with E-state index in [9.17, 15) is 0 Å². The molecule has 0 spiro atoms. The summed E-state index contributed by atoms with van der Waals surface area (Å²) in [6, 6.07) is 0.889. The molecule has 1 heterocycles. The average Bonchev–Trinajstić information content (AvgIpc) is 2.59. The van der Waals surface area contributed by atoms with Gasteiger partial charge in [-0.25, -0.2) is 0 Å². The molecular formula is C13H25N3. The molecule has 2 unspecified atom stereocenters. The van der Waals surface area contributed by atoms with Crippen molar-refractivity contribution in [1.82, 2.24) is 15.1 Å². The number of nitrogens with one attached hydrogen (secondary N) is 1. The lowest BCUT2D eigenvalue weighted by molar-refractivity contribution is 0.244. The summed E-state index contributed by atoms with van der Waals surface area (Å²) < 4.78 is 1.85. The van der Waals surface area contributed by atoms with Gasteiger partial charge in [-0.1, -0.05) is 27.7 Å². The van der Waals surface area contributed by atoms with Crippen molar-refractivity contribution in [2.75, 3.05) is 0 Å². The van der Waals surface area contributed by atoms with Crippen LogP contribution >= 0.6 is 0 Å². The van der Waals surface area contributed by atoms with Gasteiger partial charge >= 0.3 is 0 Å². The Bertz CT molecular complexity index is 322. The Morgan fingerprint density at radius 2 is 2.06 bits per heavy atom. The van der Waals surface area contributed by atoms with E-state index in [0.717, 1.165) is 6.42 Å². The molecule has 1 N–H and O–H groups in total. The lowest BCUT2D eigenvalue weighted by Gasteiger charge is -2.33. The second-order valence-electron chi connectivity index (χ2n) is 5.66. The second-order valence-corrected chi connectivity index (χ2v) is 5.66. The van der Waals surface area contributed by atoms with Gasteiger partial charge in [0.25, 0.3) is 0 Å². The predicted molar refractivity (Wildman–Crippen MR) is 68.3 cm³/mol. The number of nitrogens with zero attached hydrogens (tertiary/aromatic N) is 2. The highest BCUT2D eigenvalue weighted by Gasteiger charge is 2.24. The molecule has 0 aliphatic carbocycles. The molecule has 0 aliphatic heterocycles. The molecule has 0 fully saturated rings. The van der Waals surface area contributed by atoms with Gasteiger partial charge in [0.05, 0.1) is 6.20 Å². The number of hydrogen-bond acceptors (Lipinski definition) is 2. The van der Waals surface area contributed by atoms with Crippen molar-refractivity contribution in [2.45, 2.75) is 53.1 Å². The van der Waals surface area contributed by atoms with Crippen LogP contribution in [0.1, 0.15) is 52.6 Å². The summed E-state index contributed by atoms with van der Waals surface area (Å²) in [7, 11) is 1.96. The molecule has 0 bridgehead atoms. The first-order valence-corrected chi connectivity index (χ1v) is 6.09. The van der Waals surface area contributed by atoms with Crippen LogP contribution in [-0.4, -0.2) is 15.8 Å². The molecule has 1 rings (SSSR count). The third kappa shape index (κ3) is 3.34. The smallest absolute Gasteiger partial charge is 0.0537 e. The Hall–Kier alpha value is -0.830. The topological polar surface area (TPSA) is 29.9 Å². The molecule has 0 aliphatic rings. The maximum absolute atomic E-state index is 4.21. The monoisotopic (exact) mass is 223 g/mol. The van der Waals surface area contributed by atoms with Gasteiger partial charge in [-0.2, -0.15) is 5.10 Å². The zero-order chi connectivity index (χ0) is 12.3. The van der Waals surface area contributed by atoms with Crippen molar-refractivity contribution in [2.24, 2.45) is 12.5 Å². The highest BCUT2D eigenvalue weighted by atomic mass is 15.2. The summed E-state index contributed by atoms with van der Waals surface area (Å²) in [6.07, 6.45) is 5.16. The van der Waals surface area contributed by atoms with Crippen LogP contribution in [0, 0.1) is 5.41 Å². The van der Waals surface area contributed by atoms with Crippen LogP contribution in [0.25, 0.3) is 0 Å². The van der Waals surface area contributed by atoms with Gasteiger partial charge in [-0.05, 0) is 18.8 Å². The first-order valence-electron chi connectivity index (χ1n) is 6.09. The van der Waals surface area contributed by atoms with Gasteiger partial charge in [0.1, 0.15) is 0 Å². The Kier molecular flexibility index (Phi) is 4.14. The Morgan fingerprint density at radius 3 is 2.44 bits per heavy atom. The molecule has 3 nitrogen and oxygen atoms in total. The Labute approximate surface area is 99.2 Å². The third-order valence-electron chi connectivity index (χ3n) is 3.13.